The molecule has 0 saturated carbocycles. The van der Waals surface area contributed by atoms with Crippen molar-refractivity contribution < 1.29 is 4.52 Å². The van der Waals surface area contributed by atoms with Crippen LogP contribution in [0.15, 0.2) is 39.8 Å². The van der Waals surface area contributed by atoms with Gasteiger partial charge in [-0.25, -0.2) is 0 Å². The summed E-state index contributed by atoms with van der Waals surface area (Å²) in [6.07, 6.45) is 2.19. The van der Waals surface area contributed by atoms with Gasteiger partial charge in [-0.05, 0) is 25.3 Å². The number of hydrogen-bond acceptors (Lipinski definition) is 5. The molecule has 0 amide bonds. The van der Waals surface area contributed by atoms with Gasteiger partial charge in [0, 0.05) is 39.1 Å². The highest BCUT2D eigenvalue weighted by atomic mass is 16.5. The van der Waals surface area contributed by atoms with Crippen molar-refractivity contribution in [2.24, 2.45) is 4.99 Å². The van der Waals surface area contributed by atoms with E-state index in [-0.39, 0.29) is 0 Å². The molecule has 7 heteroatoms. The van der Waals surface area contributed by atoms with Crippen molar-refractivity contribution in [1.29, 1.82) is 0 Å². The van der Waals surface area contributed by atoms with Crippen molar-refractivity contribution in [2.75, 3.05) is 20.1 Å². The normalized spacial score (nSPS) is 17.9. The van der Waals surface area contributed by atoms with Gasteiger partial charge in [-0.2, -0.15) is 4.98 Å². The molecule has 2 N–H and O–H groups in total. The third kappa shape index (κ3) is 4.82. The Morgan fingerprint density at radius 3 is 2.65 bits per heavy atom. The molecule has 1 aliphatic heterocycles. The summed E-state index contributed by atoms with van der Waals surface area (Å²) in [5.41, 5.74) is 1.38. The third-order valence-electron chi connectivity index (χ3n) is 4.91. The first-order valence-electron chi connectivity index (χ1n) is 9.21. The fourth-order valence-electron chi connectivity index (χ4n) is 3.34. The maximum Gasteiger partial charge on any atom is 0.223 e. The molecule has 2 aromatic rings. The van der Waals surface area contributed by atoms with E-state index >= 15 is 0 Å². The maximum absolute atomic E-state index is 4.98. The summed E-state index contributed by atoms with van der Waals surface area (Å²) in [5, 5.41) is 10.6. The number of aromatic nitrogens is 2. The third-order valence-corrected chi connectivity index (χ3v) is 4.91. The smallest absolute Gasteiger partial charge is 0.223 e. The highest BCUT2D eigenvalue weighted by Crippen LogP contribution is 2.23. The van der Waals surface area contributed by atoms with E-state index in [4.69, 9.17) is 4.52 Å². The van der Waals surface area contributed by atoms with E-state index in [1.807, 2.05) is 0 Å². The van der Waals surface area contributed by atoms with E-state index in [1.54, 1.807) is 14.0 Å². The molecule has 7 nitrogen and oxygen atoms in total. The molecule has 0 aliphatic carbocycles. The second kappa shape index (κ2) is 8.80. The molecule has 1 saturated heterocycles. The molecule has 0 bridgehead atoms. The van der Waals surface area contributed by atoms with Gasteiger partial charge in [-0.15, -0.1) is 0 Å². The maximum atomic E-state index is 4.98. The zero-order chi connectivity index (χ0) is 18.4. The Bertz CT molecular complexity index is 706. The molecule has 3 rings (SSSR count). The van der Waals surface area contributed by atoms with Crippen molar-refractivity contribution in [3.05, 3.63) is 47.6 Å². The minimum atomic E-state index is 0.424. The van der Waals surface area contributed by atoms with Crippen LogP contribution in [0, 0.1) is 6.92 Å². The number of aryl methyl sites for hydroxylation is 1. The van der Waals surface area contributed by atoms with Crippen LogP contribution in [0.2, 0.25) is 0 Å². The van der Waals surface area contributed by atoms with Gasteiger partial charge in [-0.1, -0.05) is 35.5 Å². The Labute approximate surface area is 154 Å². The Morgan fingerprint density at radius 2 is 2.04 bits per heavy atom. The van der Waals surface area contributed by atoms with Crippen LogP contribution in [-0.2, 0) is 6.54 Å². The van der Waals surface area contributed by atoms with Crippen molar-refractivity contribution >= 4 is 5.96 Å². The lowest BCUT2D eigenvalue weighted by molar-refractivity contribution is 0.158. The summed E-state index contributed by atoms with van der Waals surface area (Å²) >= 11 is 0. The van der Waals surface area contributed by atoms with Gasteiger partial charge in [0.2, 0.25) is 5.89 Å². The molecule has 2 heterocycles. The van der Waals surface area contributed by atoms with E-state index in [0.717, 1.165) is 31.9 Å². The zero-order valence-electron chi connectivity index (χ0n) is 15.8. The van der Waals surface area contributed by atoms with Crippen molar-refractivity contribution in [3.8, 4) is 0 Å². The first kappa shape index (κ1) is 18.4. The van der Waals surface area contributed by atoms with Crippen LogP contribution in [0.3, 0.4) is 0 Å². The monoisotopic (exact) mass is 356 g/mol. The van der Waals surface area contributed by atoms with Gasteiger partial charge in [0.15, 0.2) is 11.8 Å². The zero-order valence-corrected chi connectivity index (χ0v) is 15.8. The molecule has 1 aromatic carbocycles. The Balaban J connectivity index is 1.45. The molecule has 0 spiro atoms. The van der Waals surface area contributed by atoms with Crippen LogP contribution >= 0.6 is 0 Å². The quantitative estimate of drug-likeness (QED) is 0.632. The fraction of sp³-hybridized carbons (Fsp3) is 0.526. The average Bonchev–Trinajstić information content (AvgIpc) is 3.11. The van der Waals surface area contributed by atoms with E-state index in [0.29, 0.717) is 30.3 Å². The lowest BCUT2D eigenvalue weighted by atomic mass is 10.0. The second-order valence-corrected chi connectivity index (χ2v) is 6.70. The standard InChI is InChI=1S/C19H28N6O/c1-14(16-7-5-4-6-8-16)25-11-9-17(10-12-25)23-19(20-3)21-13-18-22-15(2)26-24-18/h4-8,14,17H,9-13H2,1-3H3,(H2,20,21,23). The van der Waals surface area contributed by atoms with Gasteiger partial charge in [0.25, 0.3) is 0 Å². The van der Waals surface area contributed by atoms with Crippen molar-refractivity contribution in [2.45, 2.75) is 45.3 Å². The Hall–Kier alpha value is -2.41. The molecule has 1 atom stereocenters. The highest BCUT2D eigenvalue weighted by molar-refractivity contribution is 5.79. The molecule has 1 unspecified atom stereocenters. The molecule has 1 aromatic heterocycles. The molecule has 140 valence electrons. The molecular weight excluding hydrogens is 328 g/mol. The van der Waals surface area contributed by atoms with Gasteiger partial charge < -0.3 is 15.2 Å². The van der Waals surface area contributed by atoms with Crippen molar-refractivity contribution in [1.82, 2.24) is 25.7 Å². The lowest BCUT2D eigenvalue weighted by Gasteiger charge is -2.36. The Kier molecular flexibility index (Phi) is 6.22. The highest BCUT2D eigenvalue weighted by Gasteiger charge is 2.24. The summed E-state index contributed by atoms with van der Waals surface area (Å²) in [4.78, 5) is 11.0. The van der Waals surface area contributed by atoms with Crippen LogP contribution in [0.25, 0.3) is 0 Å². The average molecular weight is 356 g/mol. The summed E-state index contributed by atoms with van der Waals surface area (Å²) < 4.78 is 4.98. The number of aliphatic imine (C=N–C) groups is 1. The SMILES string of the molecule is CN=C(NCc1noc(C)n1)NC1CCN(C(C)c2ccccc2)CC1. The van der Waals surface area contributed by atoms with Crippen LogP contribution in [0.5, 0.6) is 0 Å². The lowest BCUT2D eigenvalue weighted by Crippen LogP contribution is -2.48. The number of nitrogens with one attached hydrogen (secondary N) is 2. The molecular formula is C19H28N6O. The number of likely N-dealkylation sites (tertiary alicyclic amines) is 1. The first-order valence-corrected chi connectivity index (χ1v) is 9.21. The van der Waals surface area contributed by atoms with Gasteiger partial charge in [0.05, 0.1) is 6.54 Å². The van der Waals surface area contributed by atoms with Gasteiger partial charge in [0.1, 0.15) is 0 Å². The molecule has 0 radical (unpaired) electrons. The predicted octanol–water partition coefficient (Wildman–Crippen LogP) is 2.27. The summed E-state index contributed by atoms with van der Waals surface area (Å²) in [6, 6.07) is 11.6. The number of guanidine groups is 1. The molecule has 1 aliphatic rings. The number of benzene rings is 1. The van der Waals surface area contributed by atoms with E-state index < -0.39 is 0 Å². The number of hydrogen-bond donors (Lipinski definition) is 2. The van der Waals surface area contributed by atoms with E-state index in [9.17, 15) is 0 Å². The second-order valence-electron chi connectivity index (χ2n) is 6.70. The van der Waals surface area contributed by atoms with E-state index in [1.165, 1.54) is 5.56 Å². The minimum absolute atomic E-state index is 0.424. The molecule has 1 fully saturated rings. The summed E-state index contributed by atoms with van der Waals surface area (Å²) in [6.45, 7) is 6.73. The van der Waals surface area contributed by atoms with Crippen LogP contribution < -0.4 is 10.6 Å². The number of nitrogens with zero attached hydrogens (tertiary/aromatic N) is 4. The van der Waals surface area contributed by atoms with E-state index in [2.05, 4.69) is 67.9 Å². The van der Waals surface area contributed by atoms with Crippen molar-refractivity contribution in [3.63, 3.8) is 0 Å². The van der Waals surface area contributed by atoms with Crippen LogP contribution in [0.1, 0.15) is 43.1 Å². The minimum Gasteiger partial charge on any atom is -0.354 e. The number of piperidine rings is 1. The van der Waals surface area contributed by atoms with Gasteiger partial charge in [-0.3, -0.25) is 9.89 Å². The molecule has 26 heavy (non-hydrogen) atoms. The first-order chi connectivity index (χ1) is 12.7. The predicted molar refractivity (Wildman–Crippen MR) is 102 cm³/mol. The van der Waals surface area contributed by atoms with Gasteiger partial charge >= 0.3 is 0 Å². The van der Waals surface area contributed by atoms with Crippen LogP contribution in [-0.4, -0.2) is 47.2 Å². The number of rotatable bonds is 5. The summed E-state index contributed by atoms with van der Waals surface area (Å²) in [5.74, 6) is 1.99. The Morgan fingerprint density at radius 1 is 1.31 bits per heavy atom. The topological polar surface area (TPSA) is 78.6 Å². The van der Waals surface area contributed by atoms with Crippen LogP contribution in [0.4, 0.5) is 0 Å². The summed E-state index contributed by atoms with van der Waals surface area (Å²) in [7, 11) is 1.78. The largest absolute Gasteiger partial charge is 0.354 e. The fourth-order valence-corrected chi connectivity index (χ4v) is 3.34.